The van der Waals surface area contributed by atoms with Gasteiger partial charge in [-0.15, -0.1) is 30.7 Å². The average molecular weight is 1260 g/mol. The number of benzene rings is 7. The van der Waals surface area contributed by atoms with Crippen molar-refractivity contribution in [1.82, 2.24) is 0 Å². The summed E-state index contributed by atoms with van der Waals surface area (Å²) in [7, 11) is -37.8. The first-order chi connectivity index (χ1) is 37.2. The highest BCUT2D eigenvalue weighted by Gasteiger charge is 2.32. The summed E-state index contributed by atoms with van der Waals surface area (Å²) in [6.45, 7) is 0. The number of aromatic hydroxyl groups is 2. The second kappa shape index (κ2) is 21.2. The quantitative estimate of drug-likeness (QED) is 0.0151. The maximum Gasteiger partial charge on any atom is 0.315 e. The Hall–Kier alpha value is -8.41. The molecule has 81 heavy (non-hydrogen) atoms. The van der Waals surface area contributed by atoms with Crippen LogP contribution in [0.25, 0.3) is 21.5 Å². The molecule has 7 rings (SSSR count). The van der Waals surface area contributed by atoms with Gasteiger partial charge in [0.1, 0.15) is 63.5 Å². The fourth-order valence-electron chi connectivity index (χ4n) is 7.04. The first-order valence-corrected chi connectivity index (χ1v) is 30.4. The fourth-order valence-corrected chi connectivity index (χ4v) is 11.7. The van der Waals surface area contributed by atoms with Gasteiger partial charge >= 0.3 is 10.1 Å². The van der Waals surface area contributed by atoms with E-state index < -0.39 is 189 Å². The van der Waals surface area contributed by atoms with E-state index in [2.05, 4.69) is 45.2 Å². The number of hydrogen-bond acceptors (Lipinski definition) is 29. The molecule has 0 saturated heterocycles. The monoisotopic (exact) mass is 1260 g/mol. The summed E-state index contributed by atoms with van der Waals surface area (Å²) in [6, 6.07) is 10.5. The highest BCUT2D eigenvalue weighted by molar-refractivity contribution is 7.88. The van der Waals surface area contributed by atoms with Crippen LogP contribution < -0.4 is 11.6 Å². The lowest BCUT2D eigenvalue weighted by Gasteiger charge is -2.15. The number of nitrogen functional groups attached to an aromatic ring is 1. The third-order valence-electron chi connectivity index (χ3n) is 10.5. The molecule has 0 aliphatic heterocycles. The van der Waals surface area contributed by atoms with Crippen molar-refractivity contribution in [2.75, 3.05) is 5.73 Å². The van der Waals surface area contributed by atoms with E-state index in [4.69, 9.17) is 16.2 Å². The Balaban J connectivity index is 1.39. The van der Waals surface area contributed by atoms with Gasteiger partial charge in [-0.05, 0) is 78.9 Å². The number of nitro benzene ring substituents is 1. The van der Waals surface area contributed by atoms with Crippen LogP contribution in [0.2, 0.25) is 0 Å². The predicted octanol–water partition coefficient (Wildman–Crippen LogP) is 6.62. The summed E-state index contributed by atoms with van der Waals surface area (Å²) in [5, 5.41) is 59.2. The first-order valence-electron chi connectivity index (χ1n) is 20.4. The molecule has 36 nitrogen and oxygen atoms in total. The number of fused-ring (bicyclic) bond motifs is 2. The van der Waals surface area contributed by atoms with E-state index in [1.165, 1.54) is 0 Å². The summed E-state index contributed by atoms with van der Waals surface area (Å²) in [6.07, 6.45) is 0. The molecule has 0 atom stereocenters. The number of non-ortho nitro benzene ring substituents is 1. The SMILES string of the molecule is NOS(=O)(=O)c1cc2c(S(=O)(=O)O)cc(N=Nc3ccc4c(O)c(N=Nc5ccc(N=Nc6ccc(S(=O)(=O)O)cc6)cc5S(=O)(=O)O)c(S(=O)(=O)O)cc4c3S(=O)(=O)O)c(N)c2c(O)c1N=Nc1ccc([N+](=O)[O-])cc1S(=O)(=O)O. The van der Waals surface area contributed by atoms with Crippen molar-refractivity contribution in [2.45, 2.75) is 34.3 Å². The lowest BCUT2D eigenvalue weighted by molar-refractivity contribution is -0.385. The molecule has 0 fully saturated rings. The molecule has 12 N–H and O–H groups in total. The Labute approximate surface area is 451 Å². The van der Waals surface area contributed by atoms with Gasteiger partial charge in [0.25, 0.3) is 66.4 Å². The third-order valence-corrected chi connectivity index (χ3v) is 17.0. The van der Waals surface area contributed by atoms with Crippen LogP contribution in [0.3, 0.4) is 0 Å². The van der Waals surface area contributed by atoms with E-state index in [1.807, 2.05) is 0 Å². The van der Waals surface area contributed by atoms with Crippen LogP contribution in [-0.4, -0.2) is 101 Å². The molecule has 7 aromatic carbocycles. The number of phenolic OH excluding ortho intramolecular Hbond substituents is 2. The molecule has 0 unspecified atom stereocenters. The Kier molecular flexibility index (Phi) is 15.8. The maximum absolute atomic E-state index is 13.1. The van der Waals surface area contributed by atoms with E-state index in [-0.39, 0.29) is 17.4 Å². The minimum absolute atomic E-state index is 0.0237. The van der Waals surface area contributed by atoms with Gasteiger partial charge in [0.15, 0.2) is 11.5 Å². The molecule has 0 aromatic heterocycles. The molecular weight excluding hydrogens is 1230 g/mol. The third kappa shape index (κ3) is 12.6. The number of anilines is 1. The molecular formula is C38H27N11O25S7. The number of rotatable bonds is 17. The van der Waals surface area contributed by atoms with E-state index in [1.54, 1.807) is 0 Å². The lowest BCUT2D eigenvalue weighted by atomic mass is 10.0. The molecule has 7 aromatic rings. The lowest BCUT2D eigenvalue weighted by Crippen LogP contribution is -2.12. The number of nitrogens with two attached hydrogens (primary N) is 2. The van der Waals surface area contributed by atoms with E-state index >= 15 is 0 Å². The van der Waals surface area contributed by atoms with E-state index in [0.29, 0.717) is 42.5 Å². The van der Waals surface area contributed by atoms with Gasteiger partial charge in [0.2, 0.25) is 0 Å². The van der Waals surface area contributed by atoms with Crippen LogP contribution in [0.4, 0.5) is 56.9 Å². The topological polar surface area (TPSA) is 604 Å². The molecule has 0 aliphatic carbocycles. The smallest absolute Gasteiger partial charge is 0.315 e. The van der Waals surface area contributed by atoms with Crippen LogP contribution in [0.1, 0.15) is 0 Å². The number of nitro groups is 1. The highest BCUT2D eigenvalue weighted by Crippen LogP contribution is 2.50. The van der Waals surface area contributed by atoms with Crippen molar-refractivity contribution in [3.8, 4) is 11.5 Å². The number of hydrogen-bond donors (Lipinski definition) is 10. The van der Waals surface area contributed by atoms with Gasteiger partial charge < -0.3 is 15.9 Å². The van der Waals surface area contributed by atoms with Crippen LogP contribution in [0, 0.1) is 10.1 Å². The summed E-state index contributed by atoms with van der Waals surface area (Å²) < 4.78 is 239. The van der Waals surface area contributed by atoms with Gasteiger partial charge in [-0.3, -0.25) is 37.4 Å². The summed E-state index contributed by atoms with van der Waals surface area (Å²) in [4.78, 5) is 1.56. The largest absolute Gasteiger partial charge is 0.505 e. The summed E-state index contributed by atoms with van der Waals surface area (Å²) >= 11 is 0. The molecule has 0 bridgehead atoms. The minimum Gasteiger partial charge on any atom is -0.505 e. The summed E-state index contributed by atoms with van der Waals surface area (Å²) in [5.74, 6) is 2.00. The standard InChI is InChI=1S/C38H27N11O25S7/c39-33-26(15-27(76(57,58)59)22-14-31(81(72,73)74-40)35(37(51)32(22)33)48-44-24-9-4-18(49(52)53)12-29(24)78(63,64)65)46-45-25-10-7-20-21(38(25)80(69,70)71)13-30(79(66,67)68)34(36(20)50)47-43-23-8-3-17(11-28(23)77(60,61)62)42-41-16-1-5-19(6-2-16)75(54,55)56/h1-15,50-51H,39-40H2,(H,54,55,56)(H,57,58,59)(H,60,61,62)(H,63,64,65)(H,66,67,68)(H,69,70,71). The fraction of sp³-hybridized carbons (Fsp3) is 0. The van der Waals surface area contributed by atoms with Crippen LogP contribution in [0.5, 0.6) is 11.5 Å². The normalized spacial score (nSPS) is 13.4. The number of azo groups is 4. The summed E-state index contributed by atoms with van der Waals surface area (Å²) in [5.41, 5.74) is -2.41. The van der Waals surface area contributed by atoms with Gasteiger partial charge in [0.05, 0.1) is 32.3 Å². The molecule has 0 amide bonds. The Bertz CT molecular complexity index is 4870. The van der Waals surface area contributed by atoms with Crippen molar-refractivity contribution < 1.29 is 106 Å². The van der Waals surface area contributed by atoms with Crippen molar-refractivity contribution in [2.24, 2.45) is 46.8 Å². The molecule has 43 heteroatoms. The zero-order valence-electron chi connectivity index (χ0n) is 38.7. The van der Waals surface area contributed by atoms with Crippen molar-refractivity contribution in [3.05, 3.63) is 101 Å². The molecule has 0 spiro atoms. The van der Waals surface area contributed by atoms with Crippen molar-refractivity contribution in [3.63, 3.8) is 0 Å². The van der Waals surface area contributed by atoms with Gasteiger partial charge in [0, 0.05) is 28.3 Å². The Morgan fingerprint density at radius 3 is 1.42 bits per heavy atom. The van der Waals surface area contributed by atoms with Crippen molar-refractivity contribution >= 4 is 149 Å². The molecule has 0 radical (unpaired) electrons. The maximum atomic E-state index is 13.1. The zero-order valence-corrected chi connectivity index (χ0v) is 44.4. The van der Waals surface area contributed by atoms with Gasteiger partial charge in [-0.25, -0.2) is 0 Å². The minimum atomic E-state index is -5.76. The second-order valence-electron chi connectivity index (χ2n) is 15.6. The van der Waals surface area contributed by atoms with Gasteiger partial charge in [-0.2, -0.15) is 79.3 Å². The van der Waals surface area contributed by atoms with E-state index in [0.717, 1.165) is 42.5 Å². The Morgan fingerprint density at radius 2 is 0.901 bits per heavy atom. The predicted molar refractivity (Wildman–Crippen MR) is 270 cm³/mol. The molecule has 426 valence electrons. The first kappa shape index (κ1) is 60.2. The van der Waals surface area contributed by atoms with Crippen LogP contribution in [0.15, 0.2) is 166 Å². The van der Waals surface area contributed by atoms with E-state index in [9.17, 15) is 102 Å². The second-order valence-corrected chi connectivity index (χ2v) is 25.5. The molecule has 0 saturated carbocycles. The van der Waals surface area contributed by atoms with Gasteiger partial charge in [-0.1, -0.05) is 0 Å². The van der Waals surface area contributed by atoms with Crippen molar-refractivity contribution in [1.29, 1.82) is 0 Å². The highest BCUT2D eigenvalue weighted by atomic mass is 32.2. The molecule has 0 heterocycles. The number of phenols is 2. The van der Waals surface area contributed by atoms with Crippen LogP contribution in [-0.2, 0) is 75.1 Å². The Morgan fingerprint density at radius 1 is 0.432 bits per heavy atom. The zero-order chi connectivity index (χ0) is 60.3. The van der Waals surface area contributed by atoms with Crippen LogP contribution >= 0.6 is 0 Å². The average Bonchev–Trinajstić information content (AvgIpc) is 3.53. The molecule has 0 aliphatic rings. The number of nitrogens with zero attached hydrogens (tertiary/aromatic N) is 9.